The van der Waals surface area contributed by atoms with Gasteiger partial charge in [0.1, 0.15) is 0 Å². The normalized spacial score (nSPS) is 18.5. The first-order valence-corrected chi connectivity index (χ1v) is 6.78. The summed E-state index contributed by atoms with van der Waals surface area (Å²) >= 11 is 0. The number of aromatic nitrogens is 1. The molecule has 0 spiro atoms. The molecule has 0 radical (unpaired) electrons. The van der Waals surface area contributed by atoms with Crippen LogP contribution in [0.25, 0.3) is 0 Å². The van der Waals surface area contributed by atoms with E-state index in [0.29, 0.717) is 18.0 Å². The first-order valence-electron chi connectivity index (χ1n) is 6.78. The molecule has 1 unspecified atom stereocenters. The zero-order valence-corrected chi connectivity index (χ0v) is 11.2. The minimum Gasteiger partial charge on any atom is -0.397 e. The van der Waals surface area contributed by atoms with E-state index in [9.17, 15) is 4.79 Å². The number of hydrogen-bond acceptors (Lipinski definition) is 3. The van der Waals surface area contributed by atoms with E-state index in [4.69, 9.17) is 5.73 Å². The first kappa shape index (κ1) is 12.7. The number of benzene rings is 1. The quantitative estimate of drug-likeness (QED) is 0.928. The molecule has 1 fully saturated rings. The summed E-state index contributed by atoms with van der Waals surface area (Å²) in [6, 6.07) is 11.7. The summed E-state index contributed by atoms with van der Waals surface area (Å²) in [5, 5.41) is 0. The molecule has 2 aromatic rings. The number of para-hydroxylation sites is 1. The number of carbonyl (C=O) groups is 1. The van der Waals surface area contributed by atoms with Crippen LogP contribution in [-0.4, -0.2) is 17.4 Å². The highest BCUT2D eigenvalue weighted by Crippen LogP contribution is 2.28. The van der Waals surface area contributed by atoms with Crippen LogP contribution >= 0.6 is 0 Å². The molecule has 3 rings (SSSR count). The molecule has 4 heteroatoms. The van der Waals surface area contributed by atoms with Crippen molar-refractivity contribution in [3.05, 3.63) is 54.4 Å². The van der Waals surface area contributed by atoms with Crippen LogP contribution in [0.3, 0.4) is 0 Å². The molecule has 1 aliphatic heterocycles. The van der Waals surface area contributed by atoms with Crippen LogP contribution in [0.1, 0.15) is 12.0 Å². The van der Waals surface area contributed by atoms with Crippen molar-refractivity contribution < 1.29 is 4.79 Å². The Morgan fingerprint density at radius 3 is 2.80 bits per heavy atom. The van der Waals surface area contributed by atoms with Gasteiger partial charge >= 0.3 is 0 Å². The first-order chi connectivity index (χ1) is 9.74. The maximum atomic E-state index is 12.1. The molecule has 102 valence electrons. The Hall–Kier alpha value is -2.36. The van der Waals surface area contributed by atoms with Crippen LogP contribution in [0.15, 0.2) is 48.8 Å². The highest BCUT2D eigenvalue weighted by Gasteiger charge is 2.30. The van der Waals surface area contributed by atoms with Gasteiger partial charge in [-0.3, -0.25) is 9.78 Å². The number of anilines is 2. The van der Waals surface area contributed by atoms with E-state index in [-0.39, 0.29) is 5.91 Å². The van der Waals surface area contributed by atoms with E-state index in [1.165, 1.54) is 0 Å². The van der Waals surface area contributed by atoms with Gasteiger partial charge < -0.3 is 10.6 Å². The number of amides is 1. The molecule has 0 saturated carbocycles. The number of nitrogen functional groups attached to an aromatic ring is 1. The fraction of sp³-hybridized carbons (Fsp3) is 0.250. The van der Waals surface area contributed by atoms with Crippen molar-refractivity contribution in [3.63, 3.8) is 0 Å². The van der Waals surface area contributed by atoms with E-state index >= 15 is 0 Å². The van der Waals surface area contributed by atoms with Gasteiger partial charge in [0.05, 0.1) is 11.9 Å². The van der Waals surface area contributed by atoms with Crippen LogP contribution in [0, 0.1) is 5.92 Å². The van der Waals surface area contributed by atoms with Crippen LogP contribution in [0.5, 0.6) is 0 Å². The van der Waals surface area contributed by atoms with E-state index < -0.39 is 0 Å². The fourth-order valence-corrected chi connectivity index (χ4v) is 2.71. The predicted octanol–water partition coefficient (Wildman–Crippen LogP) is 2.26. The molecule has 2 N–H and O–H groups in total. The van der Waals surface area contributed by atoms with E-state index in [1.54, 1.807) is 12.4 Å². The number of carbonyl (C=O) groups excluding carboxylic acids is 1. The zero-order chi connectivity index (χ0) is 13.9. The lowest BCUT2D eigenvalue weighted by Gasteiger charge is -2.16. The van der Waals surface area contributed by atoms with Gasteiger partial charge in [0.15, 0.2) is 0 Å². The highest BCUT2D eigenvalue weighted by molar-refractivity contribution is 5.95. The topological polar surface area (TPSA) is 59.2 Å². The molecular formula is C16H17N3O. The van der Waals surface area contributed by atoms with Crippen molar-refractivity contribution in [1.82, 2.24) is 4.98 Å². The summed E-state index contributed by atoms with van der Waals surface area (Å²) < 4.78 is 0. The minimum absolute atomic E-state index is 0.189. The summed E-state index contributed by atoms with van der Waals surface area (Å²) in [5.41, 5.74) is 8.68. The minimum atomic E-state index is 0.189. The van der Waals surface area contributed by atoms with Gasteiger partial charge in [-0.05, 0) is 36.1 Å². The maximum absolute atomic E-state index is 12.1. The average Bonchev–Trinajstić information content (AvgIpc) is 2.83. The lowest BCUT2D eigenvalue weighted by molar-refractivity contribution is -0.117. The third-order valence-corrected chi connectivity index (χ3v) is 3.73. The van der Waals surface area contributed by atoms with Crippen LogP contribution in [0.4, 0.5) is 11.4 Å². The lowest BCUT2D eigenvalue weighted by Crippen LogP contribution is -2.24. The van der Waals surface area contributed by atoms with Crippen LogP contribution in [-0.2, 0) is 11.2 Å². The smallest absolute Gasteiger partial charge is 0.227 e. The molecule has 4 nitrogen and oxygen atoms in total. The second kappa shape index (κ2) is 5.33. The molecule has 1 atom stereocenters. The average molecular weight is 267 g/mol. The van der Waals surface area contributed by atoms with Crippen molar-refractivity contribution in [3.8, 4) is 0 Å². The van der Waals surface area contributed by atoms with Gasteiger partial charge in [-0.15, -0.1) is 0 Å². The number of nitrogens with zero attached hydrogens (tertiary/aromatic N) is 2. The fourth-order valence-electron chi connectivity index (χ4n) is 2.71. The monoisotopic (exact) mass is 267 g/mol. The van der Waals surface area contributed by atoms with Crippen molar-refractivity contribution in [2.45, 2.75) is 12.8 Å². The Morgan fingerprint density at radius 2 is 2.05 bits per heavy atom. The molecule has 0 bridgehead atoms. The van der Waals surface area contributed by atoms with Crippen molar-refractivity contribution >= 4 is 17.3 Å². The number of hydrogen-bond donors (Lipinski definition) is 1. The molecule has 1 aromatic carbocycles. The van der Waals surface area contributed by atoms with Gasteiger partial charge in [-0.2, -0.15) is 0 Å². The van der Waals surface area contributed by atoms with Gasteiger partial charge in [0.25, 0.3) is 0 Å². The highest BCUT2D eigenvalue weighted by atomic mass is 16.2. The van der Waals surface area contributed by atoms with E-state index in [0.717, 1.165) is 24.2 Å². The van der Waals surface area contributed by atoms with E-state index in [1.807, 2.05) is 41.3 Å². The Kier molecular flexibility index (Phi) is 3.37. The molecule has 20 heavy (non-hydrogen) atoms. The van der Waals surface area contributed by atoms with Crippen LogP contribution in [0.2, 0.25) is 0 Å². The SMILES string of the molecule is Nc1cnccc1CC1CC(=O)N(c2ccccc2)C1. The standard InChI is InChI=1S/C16H17N3O/c17-15-10-18-7-6-13(15)8-12-9-16(20)19(11-12)14-4-2-1-3-5-14/h1-7,10,12H,8-9,11,17H2. The van der Waals surface area contributed by atoms with E-state index in [2.05, 4.69) is 4.98 Å². The second-order valence-electron chi connectivity index (χ2n) is 5.19. The third kappa shape index (κ3) is 2.50. The molecular weight excluding hydrogens is 250 g/mol. The third-order valence-electron chi connectivity index (χ3n) is 3.73. The van der Waals surface area contributed by atoms with Gasteiger partial charge in [-0.1, -0.05) is 18.2 Å². The van der Waals surface area contributed by atoms with Gasteiger partial charge in [-0.25, -0.2) is 0 Å². The Morgan fingerprint density at radius 1 is 1.25 bits per heavy atom. The largest absolute Gasteiger partial charge is 0.397 e. The Labute approximate surface area is 118 Å². The summed E-state index contributed by atoms with van der Waals surface area (Å²) in [7, 11) is 0. The summed E-state index contributed by atoms with van der Waals surface area (Å²) in [6.45, 7) is 0.755. The number of nitrogens with two attached hydrogens (primary N) is 1. The lowest BCUT2D eigenvalue weighted by atomic mass is 9.98. The molecule has 0 aliphatic carbocycles. The molecule has 1 amide bonds. The molecule has 1 aliphatic rings. The number of rotatable bonds is 3. The molecule has 2 heterocycles. The summed E-state index contributed by atoms with van der Waals surface area (Å²) in [4.78, 5) is 18.0. The molecule has 1 aromatic heterocycles. The second-order valence-corrected chi connectivity index (χ2v) is 5.19. The van der Waals surface area contributed by atoms with Gasteiger partial charge in [0.2, 0.25) is 5.91 Å². The van der Waals surface area contributed by atoms with Crippen molar-refractivity contribution in [2.24, 2.45) is 5.92 Å². The van der Waals surface area contributed by atoms with Crippen molar-refractivity contribution in [2.75, 3.05) is 17.2 Å². The zero-order valence-electron chi connectivity index (χ0n) is 11.2. The van der Waals surface area contributed by atoms with Gasteiger partial charge in [0, 0.05) is 24.8 Å². The predicted molar refractivity (Wildman–Crippen MR) is 79.3 cm³/mol. The van der Waals surface area contributed by atoms with Crippen LogP contribution < -0.4 is 10.6 Å². The molecule has 1 saturated heterocycles. The van der Waals surface area contributed by atoms with Crippen molar-refractivity contribution in [1.29, 1.82) is 0 Å². The Bertz CT molecular complexity index is 612. The number of pyridine rings is 1. The maximum Gasteiger partial charge on any atom is 0.227 e. The Balaban J connectivity index is 1.73. The summed E-state index contributed by atoms with van der Waals surface area (Å²) in [5.74, 6) is 0.501. The summed E-state index contributed by atoms with van der Waals surface area (Å²) in [6.07, 6.45) is 4.82.